The minimum Gasteiger partial charge on any atom is -0.342 e. The number of likely N-dealkylation sites (tertiary alicyclic amines) is 1. The Balaban J connectivity index is 1.59. The largest absolute Gasteiger partial charge is 0.342 e. The molecule has 1 aromatic carbocycles. The van der Waals surface area contributed by atoms with Gasteiger partial charge in [0.25, 0.3) is 0 Å². The predicted octanol–water partition coefficient (Wildman–Crippen LogP) is 3.81. The van der Waals surface area contributed by atoms with E-state index in [9.17, 15) is 9.18 Å². The molecule has 1 fully saturated rings. The quantitative estimate of drug-likeness (QED) is 0.611. The Kier molecular flexibility index (Phi) is 5.57. The molecule has 146 valence electrons. The first kappa shape index (κ1) is 18.9. The Morgan fingerprint density at radius 3 is 2.57 bits per heavy atom. The van der Waals surface area contributed by atoms with E-state index in [2.05, 4.69) is 15.3 Å². The van der Waals surface area contributed by atoms with Crippen LogP contribution in [0.2, 0.25) is 0 Å². The fourth-order valence-electron chi connectivity index (χ4n) is 3.39. The zero-order valence-corrected chi connectivity index (χ0v) is 16.5. The molecule has 1 amide bonds. The molecule has 0 bridgehead atoms. The summed E-state index contributed by atoms with van der Waals surface area (Å²) in [5, 5.41) is 13.6. The molecule has 0 spiro atoms. The van der Waals surface area contributed by atoms with Crippen molar-refractivity contribution < 1.29 is 9.18 Å². The van der Waals surface area contributed by atoms with Gasteiger partial charge in [0.05, 0.1) is 5.25 Å². The first-order chi connectivity index (χ1) is 13.7. The van der Waals surface area contributed by atoms with Crippen LogP contribution < -0.4 is 0 Å². The lowest BCUT2D eigenvalue weighted by molar-refractivity contribution is -0.131. The number of nitrogens with zero attached hydrogens (tertiary/aromatic N) is 5. The van der Waals surface area contributed by atoms with Gasteiger partial charge < -0.3 is 4.90 Å². The topological polar surface area (TPSA) is 63.4 Å². The van der Waals surface area contributed by atoms with Gasteiger partial charge in [-0.3, -0.25) is 4.79 Å². The van der Waals surface area contributed by atoms with E-state index in [-0.39, 0.29) is 17.0 Å². The highest BCUT2D eigenvalue weighted by atomic mass is 32.2. The van der Waals surface area contributed by atoms with Crippen LogP contribution in [0.4, 0.5) is 4.39 Å². The molecule has 2 aromatic heterocycles. The van der Waals surface area contributed by atoms with Crippen LogP contribution in [0.25, 0.3) is 17.0 Å². The second-order valence-electron chi connectivity index (χ2n) is 6.87. The van der Waals surface area contributed by atoms with Crippen molar-refractivity contribution in [3.05, 3.63) is 42.2 Å². The summed E-state index contributed by atoms with van der Waals surface area (Å²) in [5.41, 5.74) is 1.35. The van der Waals surface area contributed by atoms with Gasteiger partial charge in [0.2, 0.25) is 5.91 Å². The third kappa shape index (κ3) is 3.87. The van der Waals surface area contributed by atoms with Crippen LogP contribution >= 0.6 is 11.8 Å². The number of aromatic nitrogens is 4. The van der Waals surface area contributed by atoms with E-state index in [1.807, 2.05) is 24.0 Å². The highest BCUT2D eigenvalue weighted by molar-refractivity contribution is 8.00. The highest BCUT2D eigenvalue weighted by Crippen LogP contribution is 2.27. The highest BCUT2D eigenvalue weighted by Gasteiger charge is 2.26. The second-order valence-corrected chi connectivity index (χ2v) is 8.10. The zero-order valence-electron chi connectivity index (χ0n) is 15.7. The van der Waals surface area contributed by atoms with Gasteiger partial charge in [-0.1, -0.05) is 18.7 Å². The van der Waals surface area contributed by atoms with E-state index in [0.29, 0.717) is 11.5 Å². The Morgan fingerprint density at radius 1 is 1.11 bits per heavy atom. The summed E-state index contributed by atoms with van der Waals surface area (Å²) >= 11 is 1.48. The number of carbonyl (C=O) groups excluding carboxylic acids is 1. The second kappa shape index (κ2) is 8.26. The monoisotopic (exact) mass is 399 g/mol. The van der Waals surface area contributed by atoms with Crippen LogP contribution in [0.15, 0.2) is 41.4 Å². The minimum absolute atomic E-state index is 0.159. The zero-order chi connectivity index (χ0) is 19.5. The molecule has 1 aliphatic rings. The smallest absolute Gasteiger partial charge is 0.236 e. The molecule has 1 aliphatic heterocycles. The van der Waals surface area contributed by atoms with Crippen LogP contribution in [-0.4, -0.2) is 49.0 Å². The fourth-order valence-corrected chi connectivity index (χ4v) is 4.37. The Bertz CT molecular complexity index is 968. The lowest BCUT2D eigenvalue weighted by atomic mass is 10.1. The number of rotatable bonds is 5. The summed E-state index contributed by atoms with van der Waals surface area (Å²) in [6, 6.07) is 9.80. The minimum atomic E-state index is -0.302. The summed E-state index contributed by atoms with van der Waals surface area (Å²) < 4.78 is 14.9. The van der Waals surface area contributed by atoms with Crippen molar-refractivity contribution in [1.82, 2.24) is 24.7 Å². The van der Waals surface area contributed by atoms with Gasteiger partial charge in [-0.05, 0) is 62.1 Å². The van der Waals surface area contributed by atoms with Gasteiger partial charge in [-0.2, -0.15) is 9.61 Å². The number of carbonyl (C=O) groups is 1. The third-order valence-corrected chi connectivity index (χ3v) is 6.20. The molecule has 0 unspecified atom stereocenters. The SMILES string of the molecule is CC[C@@H](Sc1ccc2nnc(-c3ccc(F)cc3)n2n1)C(=O)N1CCCCC1. The van der Waals surface area contributed by atoms with Gasteiger partial charge in [0, 0.05) is 18.7 Å². The number of fused-ring (bicyclic) bond motifs is 1. The van der Waals surface area contributed by atoms with Crippen LogP contribution in [0, 0.1) is 5.82 Å². The molecule has 0 aliphatic carbocycles. The van der Waals surface area contributed by atoms with Crippen LogP contribution in [0.3, 0.4) is 0 Å². The molecule has 1 atom stereocenters. The van der Waals surface area contributed by atoms with E-state index in [1.54, 1.807) is 16.6 Å². The maximum absolute atomic E-state index is 13.2. The molecule has 0 N–H and O–H groups in total. The normalized spacial score (nSPS) is 15.7. The van der Waals surface area contributed by atoms with Crippen molar-refractivity contribution in [3.8, 4) is 11.4 Å². The van der Waals surface area contributed by atoms with Crippen molar-refractivity contribution in [3.63, 3.8) is 0 Å². The number of hydrogen-bond acceptors (Lipinski definition) is 5. The van der Waals surface area contributed by atoms with Crippen molar-refractivity contribution >= 4 is 23.3 Å². The van der Waals surface area contributed by atoms with E-state index in [1.165, 1.54) is 30.3 Å². The average Bonchev–Trinajstić information content (AvgIpc) is 3.16. The van der Waals surface area contributed by atoms with E-state index in [0.717, 1.165) is 42.9 Å². The summed E-state index contributed by atoms with van der Waals surface area (Å²) in [7, 11) is 0. The van der Waals surface area contributed by atoms with Crippen molar-refractivity contribution in [2.45, 2.75) is 42.9 Å². The van der Waals surface area contributed by atoms with Crippen LogP contribution in [-0.2, 0) is 4.79 Å². The van der Waals surface area contributed by atoms with Crippen molar-refractivity contribution in [2.24, 2.45) is 0 Å². The van der Waals surface area contributed by atoms with Gasteiger partial charge in [0.1, 0.15) is 10.8 Å². The van der Waals surface area contributed by atoms with Crippen LogP contribution in [0.1, 0.15) is 32.6 Å². The van der Waals surface area contributed by atoms with Gasteiger partial charge in [-0.25, -0.2) is 4.39 Å². The van der Waals surface area contributed by atoms with Gasteiger partial charge in [0.15, 0.2) is 11.5 Å². The molecule has 1 saturated heterocycles. The molecule has 3 heterocycles. The molecular weight excluding hydrogens is 377 g/mol. The molecule has 28 heavy (non-hydrogen) atoms. The lowest BCUT2D eigenvalue weighted by Crippen LogP contribution is -2.40. The number of piperidine rings is 1. The molecule has 0 saturated carbocycles. The number of thioether (sulfide) groups is 1. The fraction of sp³-hybridized carbons (Fsp3) is 0.400. The average molecular weight is 399 g/mol. The summed E-state index contributed by atoms with van der Waals surface area (Å²) in [6.45, 7) is 3.73. The first-order valence-corrected chi connectivity index (χ1v) is 10.5. The molecule has 8 heteroatoms. The number of amides is 1. The Hall–Kier alpha value is -2.48. The van der Waals surface area contributed by atoms with Gasteiger partial charge >= 0.3 is 0 Å². The van der Waals surface area contributed by atoms with Crippen LogP contribution in [0.5, 0.6) is 0 Å². The standard InChI is InChI=1S/C20H22FN5OS/c1-2-16(20(27)25-12-4-3-5-13-25)28-18-11-10-17-22-23-19(26(17)24-18)14-6-8-15(21)9-7-14/h6-11,16H,2-5,12-13H2,1H3/t16-/m1/s1. The maximum atomic E-state index is 13.2. The predicted molar refractivity (Wildman–Crippen MR) is 107 cm³/mol. The summed E-state index contributed by atoms with van der Waals surface area (Å²) in [6.07, 6.45) is 4.11. The maximum Gasteiger partial charge on any atom is 0.236 e. The molecular formula is C20H22FN5OS. The molecule has 4 rings (SSSR count). The molecule has 3 aromatic rings. The van der Waals surface area contributed by atoms with Gasteiger partial charge in [-0.15, -0.1) is 10.2 Å². The first-order valence-electron chi connectivity index (χ1n) is 9.59. The van der Waals surface area contributed by atoms with E-state index >= 15 is 0 Å². The molecule has 0 radical (unpaired) electrons. The number of halogens is 1. The van der Waals surface area contributed by atoms with Crippen molar-refractivity contribution in [1.29, 1.82) is 0 Å². The Labute approximate surface area is 167 Å². The third-order valence-electron chi connectivity index (χ3n) is 4.92. The number of benzene rings is 1. The Morgan fingerprint density at radius 2 is 1.86 bits per heavy atom. The number of hydrogen-bond donors (Lipinski definition) is 0. The lowest BCUT2D eigenvalue weighted by Gasteiger charge is -2.29. The summed E-state index contributed by atoms with van der Waals surface area (Å²) in [4.78, 5) is 14.9. The summed E-state index contributed by atoms with van der Waals surface area (Å²) in [5.74, 6) is 0.438. The van der Waals surface area contributed by atoms with E-state index in [4.69, 9.17) is 0 Å². The van der Waals surface area contributed by atoms with Crippen molar-refractivity contribution in [2.75, 3.05) is 13.1 Å². The molecule has 6 nitrogen and oxygen atoms in total. The van der Waals surface area contributed by atoms with E-state index < -0.39 is 0 Å².